The molecule has 0 aromatic heterocycles. The van der Waals surface area contributed by atoms with Gasteiger partial charge < -0.3 is 19.5 Å². The molecule has 4 heteroatoms. The van der Waals surface area contributed by atoms with Gasteiger partial charge in [0.25, 0.3) is 0 Å². The minimum Gasteiger partial charge on any atom is -0.381 e. The van der Waals surface area contributed by atoms with E-state index >= 15 is 0 Å². The van der Waals surface area contributed by atoms with E-state index in [1.54, 1.807) is 0 Å². The Balaban J connectivity index is 1.33. The molecule has 0 bridgehead atoms. The van der Waals surface area contributed by atoms with Crippen LogP contribution in [0.2, 0.25) is 0 Å². The van der Waals surface area contributed by atoms with E-state index in [4.69, 9.17) is 14.2 Å². The summed E-state index contributed by atoms with van der Waals surface area (Å²) in [6, 6.07) is 0.608. The number of hydrogen-bond acceptors (Lipinski definition) is 4. The van der Waals surface area contributed by atoms with Crippen LogP contribution in [-0.4, -0.2) is 51.2 Å². The number of ether oxygens (including phenoxy) is 3. The SMILES string of the molecule is C1C[C@H]2O[C@H](COCC3CCOCC3)CC[C@H]2N1. The van der Waals surface area contributed by atoms with Gasteiger partial charge in [-0.25, -0.2) is 0 Å². The summed E-state index contributed by atoms with van der Waals surface area (Å²) < 4.78 is 17.3. The third kappa shape index (κ3) is 3.23. The molecule has 0 aromatic rings. The van der Waals surface area contributed by atoms with Gasteiger partial charge in [0, 0.05) is 25.9 Å². The van der Waals surface area contributed by atoms with E-state index < -0.39 is 0 Å². The maximum absolute atomic E-state index is 6.09. The molecule has 3 saturated heterocycles. The lowest BCUT2D eigenvalue weighted by atomic mass is 10.00. The first kappa shape index (κ1) is 12.9. The van der Waals surface area contributed by atoms with E-state index in [0.29, 0.717) is 24.2 Å². The van der Waals surface area contributed by atoms with E-state index in [1.165, 1.54) is 12.8 Å². The predicted octanol–water partition coefficient (Wildman–Crippen LogP) is 1.34. The van der Waals surface area contributed by atoms with Crippen molar-refractivity contribution in [3.8, 4) is 0 Å². The van der Waals surface area contributed by atoms with Crippen LogP contribution in [0.3, 0.4) is 0 Å². The van der Waals surface area contributed by atoms with Gasteiger partial charge in [-0.15, -0.1) is 0 Å². The van der Waals surface area contributed by atoms with Crippen molar-refractivity contribution in [2.45, 2.75) is 50.4 Å². The summed E-state index contributed by atoms with van der Waals surface area (Å²) in [6.07, 6.45) is 6.63. The van der Waals surface area contributed by atoms with Crippen molar-refractivity contribution in [1.29, 1.82) is 0 Å². The van der Waals surface area contributed by atoms with E-state index in [1.807, 2.05) is 0 Å². The van der Waals surface area contributed by atoms with Crippen LogP contribution < -0.4 is 5.32 Å². The van der Waals surface area contributed by atoms with E-state index in [2.05, 4.69) is 5.32 Å². The van der Waals surface area contributed by atoms with Crippen LogP contribution in [-0.2, 0) is 14.2 Å². The molecular weight excluding hydrogens is 230 g/mol. The van der Waals surface area contributed by atoms with Crippen molar-refractivity contribution in [1.82, 2.24) is 5.32 Å². The highest BCUT2D eigenvalue weighted by atomic mass is 16.5. The highest BCUT2D eigenvalue weighted by Gasteiger charge is 2.34. The van der Waals surface area contributed by atoms with Crippen LogP contribution in [0.4, 0.5) is 0 Å². The fourth-order valence-electron chi connectivity index (χ4n) is 3.28. The van der Waals surface area contributed by atoms with Gasteiger partial charge in [-0.05, 0) is 44.6 Å². The standard InChI is InChI=1S/C14H25NO3/c1-2-13-14(3-6-15-13)18-12(1)10-17-9-11-4-7-16-8-5-11/h11-15H,1-10H2/t12-,13+,14+/m0/s1. The molecule has 3 fully saturated rings. The zero-order valence-electron chi connectivity index (χ0n) is 11.1. The quantitative estimate of drug-likeness (QED) is 0.823. The number of hydrogen-bond donors (Lipinski definition) is 1. The molecule has 0 saturated carbocycles. The van der Waals surface area contributed by atoms with Gasteiger partial charge >= 0.3 is 0 Å². The van der Waals surface area contributed by atoms with Crippen LogP contribution in [0, 0.1) is 5.92 Å². The molecule has 3 aliphatic heterocycles. The Kier molecular flexibility index (Phi) is 4.52. The molecule has 18 heavy (non-hydrogen) atoms. The zero-order chi connectivity index (χ0) is 12.2. The Morgan fingerprint density at radius 1 is 1.00 bits per heavy atom. The van der Waals surface area contributed by atoms with Crippen LogP contribution in [0.5, 0.6) is 0 Å². The van der Waals surface area contributed by atoms with Crippen LogP contribution in [0.15, 0.2) is 0 Å². The molecule has 3 heterocycles. The lowest BCUT2D eigenvalue weighted by Crippen LogP contribution is -2.42. The largest absolute Gasteiger partial charge is 0.381 e. The molecular formula is C14H25NO3. The van der Waals surface area contributed by atoms with E-state index in [9.17, 15) is 0 Å². The lowest BCUT2D eigenvalue weighted by molar-refractivity contribution is -0.0949. The van der Waals surface area contributed by atoms with Crippen molar-refractivity contribution < 1.29 is 14.2 Å². The summed E-state index contributed by atoms with van der Waals surface area (Å²) in [4.78, 5) is 0. The summed E-state index contributed by atoms with van der Waals surface area (Å²) in [5.41, 5.74) is 0. The Morgan fingerprint density at radius 3 is 2.78 bits per heavy atom. The summed E-state index contributed by atoms with van der Waals surface area (Å²) in [5.74, 6) is 0.697. The Labute approximate surface area is 109 Å². The lowest BCUT2D eigenvalue weighted by Gasteiger charge is -2.32. The van der Waals surface area contributed by atoms with Crippen molar-refractivity contribution in [2.75, 3.05) is 33.0 Å². The summed E-state index contributed by atoms with van der Waals surface area (Å²) in [5, 5.41) is 3.51. The average molecular weight is 255 g/mol. The topological polar surface area (TPSA) is 39.7 Å². The summed E-state index contributed by atoms with van der Waals surface area (Å²) in [7, 11) is 0. The van der Waals surface area contributed by atoms with Gasteiger partial charge in [-0.3, -0.25) is 0 Å². The van der Waals surface area contributed by atoms with Gasteiger partial charge in [0.1, 0.15) is 0 Å². The van der Waals surface area contributed by atoms with Crippen molar-refractivity contribution in [3.05, 3.63) is 0 Å². The number of rotatable bonds is 4. The second-order valence-corrected chi connectivity index (χ2v) is 5.82. The predicted molar refractivity (Wildman–Crippen MR) is 68.7 cm³/mol. The summed E-state index contributed by atoms with van der Waals surface area (Å²) in [6.45, 7) is 4.59. The van der Waals surface area contributed by atoms with Gasteiger partial charge in [-0.2, -0.15) is 0 Å². The Bertz CT molecular complexity index is 255. The first-order chi connectivity index (χ1) is 8.92. The van der Waals surface area contributed by atoms with Crippen LogP contribution in [0.25, 0.3) is 0 Å². The van der Waals surface area contributed by atoms with E-state index in [-0.39, 0.29) is 0 Å². The molecule has 0 aliphatic carbocycles. The monoisotopic (exact) mass is 255 g/mol. The highest BCUT2D eigenvalue weighted by molar-refractivity contribution is 4.89. The third-order valence-electron chi connectivity index (χ3n) is 4.45. The van der Waals surface area contributed by atoms with Crippen molar-refractivity contribution in [2.24, 2.45) is 5.92 Å². The van der Waals surface area contributed by atoms with Gasteiger partial charge in [0.2, 0.25) is 0 Å². The Hall–Kier alpha value is -0.160. The number of nitrogens with one attached hydrogen (secondary N) is 1. The van der Waals surface area contributed by atoms with Gasteiger partial charge in [-0.1, -0.05) is 0 Å². The molecule has 1 N–H and O–H groups in total. The molecule has 0 spiro atoms. The van der Waals surface area contributed by atoms with Gasteiger partial charge in [0.05, 0.1) is 18.8 Å². The molecule has 3 aliphatic rings. The van der Waals surface area contributed by atoms with Gasteiger partial charge in [0.15, 0.2) is 0 Å². The minimum atomic E-state index is 0.325. The number of fused-ring (bicyclic) bond motifs is 1. The third-order valence-corrected chi connectivity index (χ3v) is 4.45. The normalized spacial score (nSPS) is 37.7. The second-order valence-electron chi connectivity index (χ2n) is 5.82. The summed E-state index contributed by atoms with van der Waals surface area (Å²) >= 11 is 0. The van der Waals surface area contributed by atoms with Crippen molar-refractivity contribution in [3.63, 3.8) is 0 Å². The first-order valence-electron chi connectivity index (χ1n) is 7.46. The molecule has 4 nitrogen and oxygen atoms in total. The molecule has 3 rings (SSSR count). The molecule has 3 atom stereocenters. The van der Waals surface area contributed by atoms with Crippen LogP contribution in [0.1, 0.15) is 32.1 Å². The fourth-order valence-corrected chi connectivity index (χ4v) is 3.28. The second kappa shape index (κ2) is 6.33. The highest BCUT2D eigenvalue weighted by Crippen LogP contribution is 2.25. The molecule has 0 unspecified atom stereocenters. The van der Waals surface area contributed by atoms with Crippen molar-refractivity contribution >= 4 is 0 Å². The molecule has 0 amide bonds. The zero-order valence-corrected chi connectivity index (χ0v) is 11.1. The average Bonchev–Trinajstić information content (AvgIpc) is 2.87. The Morgan fingerprint density at radius 2 is 1.89 bits per heavy atom. The van der Waals surface area contributed by atoms with Crippen LogP contribution >= 0.6 is 0 Å². The van der Waals surface area contributed by atoms with E-state index in [0.717, 1.165) is 52.2 Å². The molecule has 104 valence electrons. The fraction of sp³-hybridized carbons (Fsp3) is 1.00. The first-order valence-corrected chi connectivity index (χ1v) is 7.46. The maximum atomic E-state index is 6.09. The molecule has 0 radical (unpaired) electrons. The smallest absolute Gasteiger partial charge is 0.0813 e. The molecule has 0 aromatic carbocycles. The maximum Gasteiger partial charge on any atom is 0.0813 e. The minimum absolute atomic E-state index is 0.325.